The number of rotatable bonds is 5. The minimum atomic E-state index is -0.479. The number of hydrogen-bond acceptors (Lipinski definition) is 7. The molecule has 0 aliphatic carbocycles. The van der Waals surface area contributed by atoms with Crippen molar-refractivity contribution in [3.05, 3.63) is 69.8 Å². The van der Waals surface area contributed by atoms with Crippen molar-refractivity contribution in [3.63, 3.8) is 0 Å². The molecule has 9 heteroatoms. The summed E-state index contributed by atoms with van der Waals surface area (Å²) in [6.07, 6.45) is 0. The molecule has 3 aromatic rings. The second-order valence-electron chi connectivity index (χ2n) is 7.53. The van der Waals surface area contributed by atoms with E-state index in [4.69, 9.17) is 9.47 Å². The van der Waals surface area contributed by atoms with Crippen LogP contribution in [0.5, 0.6) is 5.75 Å². The van der Waals surface area contributed by atoms with E-state index in [1.807, 2.05) is 4.90 Å². The third-order valence-electron chi connectivity index (χ3n) is 5.55. The fraction of sp³-hybridized carbons (Fsp3) is 0.304. The Kier molecular flexibility index (Phi) is 6.18. The number of hydrogen-bond donors (Lipinski definition) is 1. The first-order chi connectivity index (χ1) is 15.5. The van der Waals surface area contributed by atoms with Gasteiger partial charge in [0.15, 0.2) is 0 Å². The highest BCUT2D eigenvalue weighted by Gasteiger charge is 2.23. The highest BCUT2D eigenvalue weighted by molar-refractivity contribution is 5.94. The molecule has 32 heavy (non-hydrogen) atoms. The Balaban J connectivity index is 1.42. The van der Waals surface area contributed by atoms with Gasteiger partial charge in [-0.2, -0.15) is 0 Å². The predicted molar refractivity (Wildman–Crippen MR) is 118 cm³/mol. The summed E-state index contributed by atoms with van der Waals surface area (Å²) in [6.45, 7) is 2.92. The Morgan fingerprint density at radius 1 is 1.00 bits per heavy atom. The molecule has 2 heterocycles. The molecule has 1 aromatic heterocycles. The molecule has 0 bridgehead atoms. The topological polar surface area (TPSA) is 105 Å². The maximum Gasteiger partial charge on any atom is 0.337 e. The van der Waals surface area contributed by atoms with Crippen LogP contribution in [0.3, 0.4) is 0 Å². The standard InChI is InChI=1S/C23H24N4O5/c1-31-17-6-3-15(4-7-17)22(29)27-11-9-26(10-12-27)14-20-24-19-13-16(23(30)32-2)5-8-18(19)21(28)25-20/h3-8,13H,9-12,14H2,1-2H3,(H,24,25,28). The molecule has 1 aliphatic heterocycles. The van der Waals surface area contributed by atoms with Crippen LogP contribution < -0.4 is 10.3 Å². The van der Waals surface area contributed by atoms with Crippen molar-refractivity contribution in [1.82, 2.24) is 19.8 Å². The molecule has 1 amide bonds. The Morgan fingerprint density at radius 3 is 2.34 bits per heavy atom. The van der Waals surface area contributed by atoms with Crippen molar-refractivity contribution in [2.45, 2.75) is 6.54 Å². The van der Waals surface area contributed by atoms with Gasteiger partial charge >= 0.3 is 5.97 Å². The van der Waals surface area contributed by atoms with Gasteiger partial charge in [0.25, 0.3) is 11.5 Å². The number of nitrogens with zero attached hydrogens (tertiary/aromatic N) is 3. The molecule has 0 spiro atoms. The molecule has 4 rings (SSSR count). The first-order valence-electron chi connectivity index (χ1n) is 10.3. The molecule has 1 aliphatic rings. The Hall–Kier alpha value is -3.72. The number of H-pyrrole nitrogens is 1. The third-order valence-corrected chi connectivity index (χ3v) is 5.55. The van der Waals surface area contributed by atoms with Crippen LogP contribution in [0.2, 0.25) is 0 Å². The van der Waals surface area contributed by atoms with Crippen molar-refractivity contribution >= 4 is 22.8 Å². The molecule has 1 N–H and O–H groups in total. The van der Waals surface area contributed by atoms with Crippen molar-refractivity contribution in [3.8, 4) is 5.75 Å². The molecule has 0 unspecified atom stereocenters. The van der Waals surface area contributed by atoms with Gasteiger partial charge < -0.3 is 19.4 Å². The minimum Gasteiger partial charge on any atom is -0.497 e. The van der Waals surface area contributed by atoms with Gasteiger partial charge in [0.1, 0.15) is 11.6 Å². The molecule has 0 radical (unpaired) electrons. The van der Waals surface area contributed by atoms with Crippen molar-refractivity contribution in [2.24, 2.45) is 0 Å². The molecule has 1 fully saturated rings. The van der Waals surface area contributed by atoms with Crippen molar-refractivity contribution in [2.75, 3.05) is 40.4 Å². The quantitative estimate of drug-likeness (QED) is 0.607. The van der Waals surface area contributed by atoms with E-state index in [0.717, 1.165) is 0 Å². The van der Waals surface area contributed by atoms with E-state index >= 15 is 0 Å². The first-order valence-corrected chi connectivity index (χ1v) is 10.3. The van der Waals surface area contributed by atoms with Crippen LogP contribution in [0.25, 0.3) is 10.9 Å². The molecule has 2 aromatic carbocycles. The third kappa shape index (κ3) is 4.47. The van der Waals surface area contributed by atoms with Gasteiger partial charge in [-0.05, 0) is 42.5 Å². The van der Waals surface area contributed by atoms with Crippen LogP contribution >= 0.6 is 0 Å². The average molecular weight is 436 g/mol. The van der Waals surface area contributed by atoms with Crippen LogP contribution in [0.15, 0.2) is 47.3 Å². The highest BCUT2D eigenvalue weighted by Crippen LogP contribution is 2.16. The van der Waals surface area contributed by atoms with Gasteiger partial charge in [0, 0.05) is 31.7 Å². The number of aromatic nitrogens is 2. The number of piperazine rings is 1. The summed E-state index contributed by atoms with van der Waals surface area (Å²) in [5, 5.41) is 0.413. The van der Waals surface area contributed by atoms with E-state index in [1.54, 1.807) is 49.6 Å². The van der Waals surface area contributed by atoms with Gasteiger partial charge in [0.05, 0.1) is 37.2 Å². The maximum atomic E-state index is 12.7. The molecule has 0 saturated carbocycles. The number of ether oxygens (including phenoxy) is 2. The van der Waals surface area contributed by atoms with Gasteiger partial charge in [-0.15, -0.1) is 0 Å². The average Bonchev–Trinajstić information content (AvgIpc) is 2.83. The van der Waals surface area contributed by atoms with Crippen LogP contribution in [0.1, 0.15) is 26.5 Å². The zero-order valence-corrected chi connectivity index (χ0v) is 18.0. The summed E-state index contributed by atoms with van der Waals surface area (Å²) in [4.78, 5) is 48.3. The van der Waals surface area contributed by atoms with Crippen LogP contribution in [-0.4, -0.2) is 72.0 Å². The lowest BCUT2D eigenvalue weighted by molar-refractivity contribution is 0.0598. The highest BCUT2D eigenvalue weighted by atomic mass is 16.5. The Morgan fingerprint density at radius 2 is 1.69 bits per heavy atom. The zero-order valence-electron chi connectivity index (χ0n) is 18.0. The van der Waals surface area contributed by atoms with Gasteiger partial charge in [-0.1, -0.05) is 0 Å². The second kappa shape index (κ2) is 9.19. The lowest BCUT2D eigenvalue weighted by Gasteiger charge is -2.34. The summed E-state index contributed by atoms with van der Waals surface area (Å²) in [7, 11) is 2.90. The second-order valence-corrected chi connectivity index (χ2v) is 7.53. The zero-order chi connectivity index (χ0) is 22.7. The molecular weight excluding hydrogens is 412 g/mol. The number of amides is 1. The van der Waals surface area contributed by atoms with E-state index in [9.17, 15) is 14.4 Å². The summed E-state index contributed by atoms with van der Waals surface area (Å²) in [5.74, 6) is 0.731. The number of carbonyl (C=O) groups excluding carboxylic acids is 2. The molecule has 166 valence electrons. The van der Waals surface area contributed by atoms with E-state index < -0.39 is 5.97 Å². The largest absolute Gasteiger partial charge is 0.497 e. The van der Waals surface area contributed by atoms with E-state index in [2.05, 4.69) is 14.9 Å². The van der Waals surface area contributed by atoms with Crippen LogP contribution in [0, 0.1) is 0 Å². The number of methoxy groups -OCH3 is 2. The van der Waals surface area contributed by atoms with Gasteiger partial charge in [-0.25, -0.2) is 9.78 Å². The fourth-order valence-electron chi connectivity index (χ4n) is 3.74. The number of benzene rings is 2. The number of carbonyl (C=O) groups is 2. The lowest BCUT2D eigenvalue weighted by atomic mass is 10.1. The number of esters is 1. The molecule has 0 atom stereocenters. The number of fused-ring (bicyclic) bond motifs is 1. The first kappa shape index (κ1) is 21.5. The Labute approximate surface area is 184 Å². The number of aromatic amines is 1. The Bertz CT molecular complexity index is 1200. The fourth-order valence-corrected chi connectivity index (χ4v) is 3.74. The van der Waals surface area contributed by atoms with Gasteiger partial charge in [0.2, 0.25) is 0 Å². The predicted octanol–water partition coefficient (Wildman–Crippen LogP) is 1.68. The molecule has 1 saturated heterocycles. The summed E-state index contributed by atoms with van der Waals surface area (Å²) in [5.41, 5.74) is 1.16. The van der Waals surface area contributed by atoms with Crippen molar-refractivity contribution < 1.29 is 19.1 Å². The summed E-state index contributed by atoms with van der Waals surface area (Å²) in [6, 6.07) is 11.8. The van der Waals surface area contributed by atoms with E-state index in [1.165, 1.54) is 7.11 Å². The van der Waals surface area contributed by atoms with E-state index in [0.29, 0.717) is 66.3 Å². The summed E-state index contributed by atoms with van der Waals surface area (Å²) >= 11 is 0. The summed E-state index contributed by atoms with van der Waals surface area (Å²) < 4.78 is 9.88. The van der Waals surface area contributed by atoms with Gasteiger partial charge in [-0.3, -0.25) is 14.5 Å². The van der Waals surface area contributed by atoms with E-state index in [-0.39, 0.29) is 11.5 Å². The monoisotopic (exact) mass is 436 g/mol. The normalized spacial score (nSPS) is 14.4. The maximum absolute atomic E-state index is 12.7. The SMILES string of the molecule is COC(=O)c1ccc2c(=O)[nH]c(CN3CCN(C(=O)c4ccc(OC)cc4)CC3)nc2c1. The molecule has 9 nitrogen and oxygen atoms in total. The van der Waals surface area contributed by atoms with Crippen LogP contribution in [0.4, 0.5) is 0 Å². The van der Waals surface area contributed by atoms with Crippen molar-refractivity contribution in [1.29, 1.82) is 0 Å². The minimum absolute atomic E-state index is 0.0140. The smallest absolute Gasteiger partial charge is 0.337 e. The molecular formula is C23H24N4O5. The lowest BCUT2D eigenvalue weighted by Crippen LogP contribution is -2.48. The van der Waals surface area contributed by atoms with Crippen LogP contribution in [-0.2, 0) is 11.3 Å². The number of nitrogens with one attached hydrogen (secondary N) is 1.